The van der Waals surface area contributed by atoms with Gasteiger partial charge in [-0.05, 0) is 38.1 Å². The highest BCUT2D eigenvalue weighted by Crippen LogP contribution is 2.27. The average molecular weight is 285 g/mol. The molecule has 112 valence electrons. The first-order valence-corrected chi connectivity index (χ1v) is 7.66. The first-order valence-electron chi connectivity index (χ1n) is 7.66. The van der Waals surface area contributed by atoms with Crippen LogP contribution in [0.3, 0.4) is 0 Å². The van der Waals surface area contributed by atoms with E-state index in [-0.39, 0.29) is 0 Å². The van der Waals surface area contributed by atoms with Crippen LogP contribution in [0.15, 0.2) is 35.2 Å². The Balaban J connectivity index is 2.00. The van der Waals surface area contributed by atoms with Crippen molar-refractivity contribution in [1.82, 2.24) is 9.80 Å². The van der Waals surface area contributed by atoms with Crippen molar-refractivity contribution in [1.29, 1.82) is 0 Å². The van der Waals surface area contributed by atoms with E-state index in [1.165, 1.54) is 5.56 Å². The molecule has 2 aliphatic heterocycles. The number of piperazine rings is 1. The van der Waals surface area contributed by atoms with Gasteiger partial charge in [0.05, 0.1) is 11.3 Å². The van der Waals surface area contributed by atoms with Crippen LogP contribution in [0.2, 0.25) is 0 Å². The molecule has 1 aromatic carbocycles. The molecule has 3 rings (SSSR count). The highest BCUT2D eigenvalue weighted by Gasteiger charge is 2.23. The van der Waals surface area contributed by atoms with E-state index in [4.69, 9.17) is 9.73 Å². The summed E-state index contributed by atoms with van der Waals surface area (Å²) in [5.74, 6) is 1.96. The van der Waals surface area contributed by atoms with Gasteiger partial charge in [-0.3, -0.25) is 0 Å². The van der Waals surface area contributed by atoms with Crippen molar-refractivity contribution in [3.8, 4) is 5.75 Å². The van der Waals surface area contributed by atoms with Crippen molar-refractivity contribution in [3.63, 3.8) is 0 Å². The lowest BCUT2D eigenvalue weighted by molar-refractivity contribution is 0.215. The molecule has 1 saturated heterocycles. The molecular formula is C17H23N3O. The van der Waals surface area contributed by atoms with Gasteiger partial charge in [0.2, 0.25) is 0 Å². The molecule has 0 bridgehead atoms. The minimum Gasteiger partial charge on any atom is -0.462 e. The zero-order valence-electron chi connectivity index (χ0n) is 13.1. The molecule has 1 fully saturated rings. The summed E-state index contributed by atoms with van der Waals surface area (Å²) < 4.78 is 5.79. The van der Waals surface area contributed by atoms with Gasteiger partial charge in [0.15, 0.2) is 0 Å². The van der Waals surface area contributed by atoms with Gasteiger partial charge in [-0.1, -0.05) is 13.0 Å². The molecule has 0 N–H and O–H groups in total. The van der Waals surface area contributed by atoms with Gasteiger partial charge in [0, 0.05) is 26.2 Å². The standard InChI is InChI=1S/C17H23N3O/c1-4-14-5-6-16-15(11-14)17(18-13(2)12-21-16)20-9-7-19(3)8-10-20/h5-6,11-12H,4,7-10H2,1-3H3. The van der Waals surface area contributed by atoms with Gasteiger partial charge in [0.25, 0.3) is 0 Å². The number of nitrogens with zero attached hydrogens (tertiary/aromatic N) is 3. The maximum atomic E-state index is 5.79. The number of benzene rings is 1. The molecule has 4 nitrogen and oxygen atoms in total. The Labute approximate surface area is 126 Å². The molecule has 0 saturated carbocycles. The molecule has 0 unspecified atom stereocenters. The van der Waals surface area contributed by atoms with Crippen molar-refractivity contribution in [3.05, 3.63) is 41.3 Å². The number of ether oxygens (including phenoxy) is 1. The Morgan fingerprint density at radius 3 is 2.67 bits per heavy atom. The fraction of sp³-hybridized carbons (Fsp3) is 0.471. The van der Waals surface area contributed by atoms with Crippen LogP contribution in [0.1, 0.15) is 25.0 Å². The fourth-order valence-corrected chi connectivity index (χ4v) is 2.74. The largest absolute Gasteiger partial charge is 0.462 e. The highest BCUT2D eigenvalue weighted by molar-refractivity contribution is 6.02. The summed E-state index contributed by atoms with van der Waals surface area (Å²) in [5.41, 5.74) is 3.35. The zero-order valence-corrected chi connectivity index (χ0v) is 13.1. The number of likely N-dealkylation sites (N-methyl/N-ethyl adjacent to an activating group) is 1. The molecule has 0 radical (unpaired) electrons. The van der Waals surface area contributed by atoms with Crippen molar-refractivity contribution in [2.75, 3.05) is 33.2 Å². The van der Waals surface area contributed by atoms with Crippen molar-refractivity contribution >= 4 is 5.84 Å². The van der Waals surface area contributed by atoms with Crippen molar-refractivity contribution in [2.24, 2.45) is 4.99 Å². The van der Waals surface area contributed by atoms with E-state index < -0.39 is 0 Å². The first-order chi connectivity index (χ1) is 10.2. The van der Waals surface area contributed by atoms with E-state index in [0.29, 0.717) is 0 Å². The van der Waals surface area contributed by atoms with E-state index in [0.717, 1.165) is 55.4 Å². The second kappa shape index (κ2) is 5.90. The monoisotopic (exact) mass is 285 g/mol. The molecule has 0 spiro atoms. The first kappa shape index (κ1) is 14.1. The zero-order chi connectivity index (χ0) is 14.8. The molecular weight excluding hydrogens is 262 g/mol. The van der Waals surface area contributed by atoms with Gasteiger partial charge < -0.3 is 14.5 Å². The lowest BCUT2D eigenvalue weighted by Gasteiger charge is -2.34. The summed E-state index contributed by atoms with van der Waals surface area (Å²) in [6.07, 6.45) is 2.77. The Kier molecular flexibility index (Phi) is 3.97. The number of rotatable bonds is 1. The molecule has 0 aromatic heterocycles. The fourth-order valence-electron chi connectivity index (χ4n) is 2.74. The summed E-state index contributed by atoms with van der Waals surface area (Å²) in [5, 5.41) is 0. The van der Waals surface area contributed by atoms with Crippen LogP contribution in [0, 0.1) is 0 Å². The van der Waals surface area contributed by atoms with Crippen LogP contribution in [0.25, 0.3) is 0 Å². The molecule has 2 aliphatic rings. The normalized spacial score (nSPS) is 19.3. The maximum absolute atomic E-state index is 5.79. The van der Waals surface area contributed by atoms with Crippen LogP contribution in [0.4, 0.5) is 0 Å². The topological polar surface area (TPSA) is 28.1 Å². The molecule has 0 aliphatic carbocycles. The summed E-state index contributed by atoms with van der Waals surface area (Å²) >= 11 is 0. The highest BCUT2D eigenvalue weighted by atomic mass is 16.5. The number of fused-ring (bicyclic) bond motifs is 1. The van der Waals surface area contributed by atoms with Crippen LogP contribution < -0.4 is 4.74 Å². The van der Waals surface area contributed by atoms with Gasteiger partial charge in [-0.2, -0.15) is 0 Å². The van der Waals surface area contributed by atoms with Gasteiger partial charge >= 0.3 is 0 Å². The second-order valence-electron chi connectivity index (χ2n) is 5.79. The number of amidine groups is 1. The molecule has 1 aromatic rings. The van der Waals surface area contributed by atoms with Gasteiger partial charge in [0.1, 0.15) is 17.8 Å². The SMILES string of the molecule is CCc1ccc2c(c1)C(N1CCN(C)CC1)=NC(C)=CO2. The summed E-state index contributed by atoms with van der Waals surface area (Å²) in [7, 11) is 2.17. The Bertz CT molecular complexity index is 584. The van der Waals surface area contributed by atoms with Crippen LogP contribution in [-0.2, 0) is 6.42 Å². The number of aryl methyl sites for hydroxylation is 1. The van der Waals surface area contributed by atoms with Crippen molar-refractivity contribution < 1.29 is 4.74 Å². The Morgan fingerprint density at radius 1 is 1.19 bits per heavy atom. The Hall–Kier alpha value is -1.81. The Morgan fingerprint density at radius 2 is 1.95 bits per heavy atom. The number of allylic oxidation sites excluding steroid dienone is 1. The number of hydrogen-bond donors (Lipinski definition) is 0. The van der Waals surface area contributed by atoms with Gasteiger partial charge in [-0.15, -0.1) is 0 Å². The minimum atomic E-state index is 0.904. The summed E-state index contributed by atoms with van der Waals surface area (Å²) in [6, 6.07) is 6.42. The molecule has 0 amide bonds. The third kappa shape index (κ3) is 2.95. The quantitative estimate of drug-likeness (QED) is 0.793. The van der Waals surface area contributed by atoms with E-state index in [1.54, 1.807) is 6.26 Å². The van der Waals surface area contributed by atoms with Crippen LogP contribution >= 0.6 is 0 Å². The second-order valence-corrected chi connectivity index (χ2v) is 5.79. The lowest BCUT2D eigenvalue weighted by Crippen LogP contribution is -2.47. The third-order valence-electron chi connectivity index (χ3n) is 4.13. The summed E-state index contributed by atoms with van der Waals surface area (Å²) in [6.45, 7) is 8.34. The number of aliphatic imine (C=N–C) groups is 1. The third-order valence-corrected chi connectivity index (χ3v) is 4.13. The molecule has 0 atom stereocenters. The van der Waals surface area contributed by atoms with E-state index in [9.17, 15) is 0 Å². The smallest absolute Gasteiger partial charge is 0.140 e. The predicted molar refractivity (Wildman–Crippen MR) is 85.8 cm³/mol. The van der Waals surface area contributed by atoms with Crippen LogP contribution in [-0.4, -0.2) is 48.9 Å². The minimum absolute atomic E-state index is 0.904. The maximum Gasteiger partial charge on any atom is 0.140 e. The van der Waals surface area contributed by atoms with Crippen molar-refractivity contribution in [2.45, 2.75) is 20.3 Å². The predicted octanol–water partition coefficient (Wildman–Crippen LogP) is 2.50. The average Bonchev–Trinajstić information content (AvgIpc) is 2.67. The lowest BCUT2D eigenvalue weighted by atomic mass is 10.1. The van der Waals surface area contributed by atoms with E-state index in [1.807, 2.05) is 6.92 Å². The summed E-state index contributed by atoms with van der Waals surface area (Å²) in [4.78, 5) is 9.54. The number of hydrogen-bond acceptors (Lipinski definition) is 4. The molecule has 4 heteroatoms. The van der Waals surface area contributed by atoms with E-state index >= 15 is 0 Å². The van der Waals surface area contributed by atoms with Crippen LogP contribution in [0.5, 0.6) is 5.75 Å². The molecule has 21 heavy (non-hydrogen) atoms. The van der Waals surface area contributed by atoms with Gasteiger partial charge in [-0.25, -0.2) is 4.99 Å². The van der Waals surface area contributed by atoms with E-state index in [2.05, 4.69) is 42.0 Å². The molecule has 2 heterocycles.